The van der Waals surface area contributed by atoms with Crippen LogP contribution in [0, 0.1) is 0 Å². The first kappa shape index (κ1) is 19.5. The number of rotatable bonds is 5. The molecule has 0 saturated carbocycles. The Bertz CT molecular complexity index is 1440. The molecule has 31 heavy (non-hydrogen) atoms. The molecule has 0 saturated heterocycles. The van der Waals surface area contributed by atoms with Crippen molar-refractivity contribution >= 4 is 28.0 Å². The van der Waals surface area contributed by atoms with Crippen molar-refractivity contribution in [3.05, 3.63) is 106 Å². The van der Waals surface area contributed by atoms with Crippen LogP contribution in [0.15, 0.2) is 84.0 Å². The van der Waals surface area contributed by atoms with Crippen LogP contribution in [0.25, 0.3) is 22.1 Å². The molecular formula is C24H20ClN5O. The summed E-state index contributed by atoms with van der Waals surface area (Å²) in [4.78, 5) is 17.9. The first-order valence-electron chi connectivity index (χ1n) is 10.0. The zero-order valence-corrected chi connectivity index (χ0v) is 17.6. The maximum absolute atomic E-state index is 13.5. The van der Waals surface area contributed by atoms with Crippen LogP contribution in [-0.4, -0.2) is 19.2 Å². The molecule has 0 radical (unpaired) electrons. The summed E-state index contributed by atoms with van der Waals surface area (Å²) in [5.74, 6) is 0. The van der Waals surface area contributed by atoms with Gasteiger partial charge in [0, 0.05) is 41.9 Å². The highest BCUT2D eigenvalue weighted by molar-refractivity contribution is 6.35. The minimum absolute atomic E-state index is 0.116. The molecule has 0 fully saturated rings. The third-order valence-electron chi connectivity index (χ3n) is 5.43. The van der Waals surface area contributed by atoms with Gasteiger partial charge in [-0.3, -0.25) is 9.36 Å². The lowest BCUT2D eigenvalue weighted by molar-refractivity contribution is 0.550. The lowest BCUT2D eigenvalue weighted by Crippen LogP contribution is -2.28. The normalized spacial score (nSPS) is 12.5. The Morgan fingerprint density at radius 2 is 1.94 bits per heavy atom. The van der Waals surface area contributed by atoms with E-state index in [0.717, 1.165) is 28.0 Å². The Hall–Kier alpha value is -3.48. The van der Waals surface area contributed by atoms with Gasteiger partial charge in [0.1, 0.15) is 0 Å². The van der Waals surface area contributed by atoms with E-state index in [9.17, 15) is 4.79 Å². The third-order valence-corrected chi connectivity index (χ3v) is 5.75. The molecule has 0 amide bonds. The molecule has 0 spiro atoms. The molecular weight excluding hydrogens is 410 g/mol. The molecule has 3 heterocycles. The van der Waals surface area contributed by atoms with Crippen LogP contribution in [0.4, 0.5) is 0 Å². The van der Waals surface area contributed by atoms with Gasteiger partial charge in [0.15, 0.2) is 5.65 Å². The number of fused-ring (bicyclic) bond motifs is 2. The summed E-state index contributed by atoms with van der Waals surface area (Å²) >= 11 is 6.39. The Labute approximate surface area is 183 Å². The van der Waals surface area contributed by atoms with Gasteiger partial charge in [0.25, 0.3) is 5.56 Å². The summed E-state index contributed by atoms with van der Waals surface area (Å²) < 4.78 is 3.49. The van der Waals surface area contributed by atoms with Crippen LogP contribution < -0.4 is 10.9 Å². The predicted molar refractivity (Wildman–Crippen MR) is 123 cm³/mol. The highest BCUT2D eigenvalue weighted by Crippen LogP contribution is 2.25. The van der Waals surface area contributed by atoms with Crippen LogP contribution in [0.2, 0.25) is 5.02 Å². The van der Waals surface area contributed by atoms with Crippen LogP contribution in [0.5, 0.6) is 0 Å². The quantitative estimate of drug-likeness (QED) is 0.445. The van der Waals surface area contributed by atoms with Crippen LogP contribution in [0.3, 0.4) is 0 Å². The number of nitrogens with zero attached hydrogens (tertiary/aromatic N) is 4. The molecule has 7 heteroatoms. The van der Waals surface area contributed by atoms with E-state index in [1.807, 2.05) is 73.9 Å². The zero-order valence-electron chi connectivity index (χ0n) is 16.9. The first-order chi connectivity index (χ1) is 15.1. The second kappa shape index (κ2) is 7.98. The first-order valence-corrected chi connectivity index (χ1v) is 10.4. The monoisotopic (exact) mass is 429 g/mol. The van der Waals surface area contributed by atoms with Crippen molar-refractivity contribution in [1.82, 2.24) is 24.5 Å². The van der Waals surface area contributed by atoms with Crippen LogP contribution in [0.1, 0.15) is 24.2 Å². The largest absolute Gasteiger partial charge is 0.305 e. The predicted octanol–water partition coefficient (Wildman–Crippen LogP) is 4.54. The minimum Gasteiger partial charge on any atom is -0.305 e. The summed E-state index contributed by atoms with van der Waals surface area (Å²) in [6.45, 7) is 2.61. The summed E-state index contributed by atoms with van der Waals surface area (Å²) in [5.41, 5.74) is 3.33. The van der Waals surface area contributed by atoms with Gasteiger partial charge >= 0.3 is 0 Å². The fourth-order valence-corrected chi connectivity index (χ4v) is 4.13. The van der Waals surface area contributed by atoms with Gasteiger partial charge in [0.2, 0.25) is 0 Å². The molecule has 0 aliphatic heterocycles. The molecule has 5 aromatic rings. The van der Waals surface area contributed by atoms with Crippen molar-refractivity contribution in [3.63, 3.8) is 0 Å². The topological polar surface area (TPSA) is 64.2 Å². The lowest BCUT2D eigenvalue weighted by Gasteiger charge is -2.21. The second-order valence-corrected chi connectivity index (χ2v) is 7.82. The number of halogens is 1. The molecule has 1 N–H and O–H groups in total. The average molecular weight is 430 g/mol. The van der Waals surface area contributed by atoms with Crippen molar-refractivity contribution in [2.45, 2.75) is 19.5 Å². The molecule has 0 aliphatic rings. The van der Waals surface area contributed by atoms with E-state index in [1.165, 1.54) is 0 Å². The van der Waals surface area contributed by atoms with Gasteiger partial charge in [-0.2, -0.15) is 5.10 Å². The number of para-hydroxylation sites is 1. The standard InChI is InChI=1S/C24H20ClN5O/c1-16(27-14-18-15-28-29-12-6-11-26-23(18)29)21-13-17-7-5-10-20(25)22(17)24(31)30(21)19-8-3-2-4-9-19/h2-13,15-16,27H,14H2,1H3. The Morgan fingerprint density at radius 3 is 2.77 bits per heavy atom. The van der Waals surface area contributed by atoms with Crippen molar-refractivity contribution in [1.29, 1.82) is 0 Å². The Balaban J connectivity index is 1.58. The SMILES string of the molecule is CC(NCc1cnn2cccnc12)c1cc2cccc(Cl)c2c(=O)n1-c1ccccc1. The van der Waals surface area contributed by atoms with E-state index in [2.05, 4.69) is 15.4 Å². The third kappa shape index (κ3) is 3.50. The van der Waals surface area contributed by atoms with Gasteiger partial charge < -0.3 is 5.32 Å². The van der Waals surface area contributed by atoms with Gasteiger partial charge in [0.05, 0.1) is 16.6 Å². The fourth-order valence-electron chi connectivity index (χ4n) is 3.87. The number of benzene rings is 2. The van der Waals surface area contributed by atoms with Crippen molar-refractivity contribution in [3.8, 4) is 5.69 Å². The molecule has 2 aromatic carbocycles. The number of aromatic nitrogens is 4. The average Bonchev–Trinajstić information content (AvgIpc) is 3.21. The molecule has 0 aliphatic carbocycles. The highest BCUT2D eigenvalue weighted by atomic mass is 35.5. The van der Waals surface area contributed by atoms with Crippen molar-refractivity contribution < 1.29 is 0 Å². The number of pyridine rings is 1. The van der Waals surface area contributed by atoms with E-state index >= 15 is 0 Å². The molecule has 154 valence electrons. The summed E-state index contributed by atoms with van der Waals surface area (Å²) in [6, 6.07) is 18.9. The summed E-state index contributed by atoms with van der Waals surface area (Å²) in [7, 11) is 0. The summed E-state index contributed by atoms with van der Waals surface area (Å²) in [6.07, 6.45) is 5.44. The molecule has 1 unspecified atom stereocenters. The van der Waals surface area contributed by atoms with Gasteiger partial charge in [-0.25, -0.2) is 9.50 Å². The number of nitrogens with one attached hydrogen (secondary N) is 1. The smallest absolute Gasteiger partial charge is 0.264 e. The molecule has 1 atom stereocenters. The van der Waals surface area contributed by atoms with Gasteiger partial charge in [-0.15, -0.1) is 0 Å². The van der Waals surface area contributed by atoms with Crippen molar-refractivity contribution in [2.75, 3.05) is 0 Å². The van der Waals surface area contributed by atoms with Crippen LogP contribution in [-0.2, 0) is 6.54 Å². The lowest BCUT2D eigenvalue weighted by atomic mass is 10.1. The zero-order chi connectivity index (χ0) is 21.4. The van der Waals surface area contributed by atoms with E-state index < -0.39 is 0 Å². The minimum atomic E-state index is -0.129. The fraction of sp³-hybridized carbons (Fsp3) is 0.125. The molecule has 0 bridgehead atoms. The molecule has 3 aromatic heterocycles. The molecule has 6 nitrogen and oxygen atoms in total. The number of hydrogen-bond acceptors (Lipinski definition) is 4. The van der Waals surface area contributed by atoms with Crippen LogP contribution >= 0.6 is 11.6 Å². The highest BCUT2D eigenvalue weighted by Gasteiger charge is 2.18. The Kier molecular flexibility index (Phi) is 5.02. The Morgan fingerprint density at radius 1 is 1.10 bits per heavy atom. The van der Waals surface area contributed by atoms with E-state index in [0.29, 0.717) is 17.0 Å². The second-order valence-electron chi connectivity index (χ2n) is 7.41. The van der Waals surface area contributed by atoms with E-state index in [1.54, 1.807) is 21.3 Å². The van der Waals surface area contributed by atoms with Gasteiger partial charge in [-0.05, 0) is 42.6 Å². The molecule has 5 rings (SSSR count). The van der Waals surface area contributed by atoms with E-state index in [-0.39, 0.29) is 11.6 Å². The van der Waals surface area contributed by atoms with Crippen molar-refractivity contribution in [2.24, 2.45) is 0 Å². The number of hydrogen-bond donors (Lipinski definition) is 1. The van der Waals surface area contributed by atoms with Gasteiger partial charge in [-0.1, -0.05) is 41.9 Å². The maximum Gasteiger partial charge on any atom is 0.264 e. The maximum atomic E-state index is 13.5. The van der Waals surface area contributed by atoms with E-state index in [4.69, 9.17) is 11.6 Å². The summed E-state index contributed by atoms with van der Waals surface area (Å²) in [5, 5.41) is 9.67.